The molecule has 0 bridgehead atoms. The van der Waals surface area contributed by atoms with Crippen molar-refractivity contribution < 1.29 is 37.1 Å². The second-order valence-electron chi connectivity index (χ2n) is 9.88. The monoisotopic (exact) mass is 516 g/mol. The molecular formula is C24H30ClF3N3O4+. The van der Waals surface area contributed by atoms with Crippen LogP contribution in [0.2, 0.25) is 5.02 Å². The first-order valence-electron chi connectivity index (χ1n) is 12.0. The Labute approximate surface area is 207 Å². The maximum absolute atomic E-state index is 14.3. The number of hydrogen-bond donors (Lipinski definition) is 1. The molecular weight excluding hydrogens is 487 g/mol. The number of likely N-dealkylation sites (tertiary alicyclic amines) is 2. The average Bonchev–Trinajstić information content (AvgIpc) is 3.23. The number of piperidine rings is 1. The van der Waals surface area contributed by atoms with Gasteiger partial charge in [-0.1, -0.05) is 17.7 Å². The van der Waals surface area contributed by atoms with Crippen LogP contribution in [0.25, 0.3) is 0 Å². The van der Waals surface area contributed by atoms with E-state index in [0.29, 0.717) is 18.4 Å². The molecule has 2 saturated heterocycles. The van der Waals surface area contributed by atoms with Crippen molar-refractivity contribution in [1.82, 2.24) is 9.80 Å². The van der Waals surface area contributed by atoms with Gasteiger partial charge in [-0.15, -0.1) is 0 Å². The number of nitrogens with zero attached hydrogens (tertiary/aromatic N) is 3. The average molecular weight is 517 g/mol. The maximum atomic E-state index is 14.3. The highest BCUT2D eigenvalue weighted by Gasteiger charge is 2.59. The van der Waals surface area contributed by atoms with Crippen LogP contribution >= 0.6 is 11.6 Å². The van der Waals surface area contributed by atoms with Crippen LogP contribution in [-0.4, -0.2) is 82.1 Å². The van der Waals surface area contributed by atoms with Crippen LogP contribution in [0.3, 0.4) is 0 Å². The third-order valence-electron chi connectivity index (χ3n) is 7.73. The Bertz CT molecular complexity index is 1010. The lowest BCUT2D eigenvalue weighted by atomic mass is 9.79. The summed E-state index contributed by atoms with van der Waals surface area (Å²) in [6, 6.07) is 3.11. The van der Waals surface area contributed by atoms with Gasteiger partial charge in [0.2, 0.25) is 5.92 Å². The number of carboxylic acid groups (broad SMARTS) is 1. The van der Waals surface area contributed by atoms with E-state index < -0.39 is 65.0 Å². The van der Waals surface area contributed by atoms with E-state index in [9.17, 15) is 32.7 Å². The van der Waals surface area contributed by atoms with Crippen molar-refractivity contribution in [3.8, 4) is 0 Å². The Balaban J connectivity index is 1.65. The van der Waals surface area contributed by atoms with Crippen molar-refractivity contribution in [1.29, 1.82) is 0 Å². The minimum absolute atomic E-state index is 0.0298. The molecule has 11 heteroatoms. The topological polar surface area (TPSA) is 77.9 Å². The zero-order valence-corrected chi connectivity index (χ0v) is 20.3. The first kappa shape index (κ1) is 25.8. The number of urea groups is 1. The van der Waals surface area contributed by atoms with E-state index >= 15 is 0 Å². The molecule has 2 aliphatic heterocycles. The summed E-state index contributed by atoms with van der Waals surface area (Å²) in [6.07, 6.45) is -0.159. The van der Waals surface area contributed by atoms with E-state index in [1.807, 2.05) is 0 Å². The molecule has 35 heavy (non-hydrogen) atoms. The summed E-state index contributed by atoms with van der Waals surface area (Å²) in [5, 5.41) is 9.70. The molecule has 3 fully saturated rings. The van der Waals surface area contributed by atoms with Crippen molar-refractivity contribution >= 4 is 29.6 Å². The largest absolute Gasteiger partial charge is 0.465 e. The molecule has 1 aromatic rings. The Kier molecular flexibility index (Phi) is 7.07. The van der Waals surface area contributed by atoms with Crippen LogP contribution in [0.1, 0.15) is 50.5 Å². The summed E-state index contributed by atoms with van der Waals surface area (Å²) in [5.41, 5.74) is 0.502. The molecule has 0 spiro atoms. The van der Waals surface area contributed by atoms with Gasteiger partial charge in [0.1, 0.15) is 5.82 Å². The van der Waals surface area contributed by atoms with Crippen molar-refractivity contribution in [3.05, 3.63) is 34.6 Å². The fraction of sp³-hybridized carbons (Fsp3) is 0.625. The number of halogens is 4. The first-order chi connectivity index (χ1) is 16.5. The van der Waals surface area contributed by atoms with Gasteiger partial charge in [-0.3, -0.25) is 4.90 Å². The summed E-state index contributed by atoms with van der Waals surface area (Å²) in [4.78, 5) is 42.0. The number of amides is 4. The Morgan fingerprint density at radius 3 is 2.37 bits per heavy atom. The number of benzene rings is 1. The molecule has 4 amide bonds. The van der Waals surface area contributed by atoms with E-state index in [0.717, 1.165) is 6.42 Å². The van der Waals surface area contributed by atoms with Crippen LogP contribution in [0.5, 0.6) is 0 Å². The summed E-state index contributed by atoms with van der Waals surface area (Å²) in [7, 11) is 0. The number of rotatable bonds is 4. The zero-order chi connectivity index (χ0) is 25.5. The molecule has 0 unspecified atom stereocenters. The highest BCUT2D eigenvalue weighted by Crippen LogP contribution is 2.45. The Morgan fingerprint density at radius 2 is 1.83 bits per heavy atom. The molecule has 0 radical (unpaired) electrons. The molecule has 1 saturated carbocycles. The van der Waals surface area contributed by atoms with Crippen LogP contribution in [0.15, 0.2) is 18.2 Å². The van der Waals surface area contributed by atoms with Gasteiger partial charge < -0.3 is 10.0 Å². The molecule has 7 nitrogen and oxygen atoms in total. The second kappa shape index (κ2) is 9.61. The molecule has 2 heterocycles. The van der Waals surface area contributed by atoms with Crippen LogP contribution in [0.4, 0.5) is 22.8 Å². The summed E-state index contributed by atoms with van der Waals surface area (Å²) < 4.78 is 40.8. The molecule has 0 aromatic heterocycles. The van der Waals surface area contributed by atoms with Crippen LogP contribution in [-0.2, 0) is 4.79 Å². The van der Waals surface area contributed by atoms with Gasteiger partial charge in [0.05, 0.1) is 30.1 Å². The predicted octanol–water partition coefficient (Wildman–Crippen LogP) is 4.94. The van der Waals surface area contributed by atoms with Gasteiger partial charge >= 0.3 is 18.0 Å². The van der Waals surface area contributed by atoms with Crippen molar-refractivity contribution in [2.75, 3.05) is 32.7 Å². The third-order valence-corrected chi connectivity index (χ3v) is 8.03. The number of hydrogen-bond acceptors (Lipinski definition) is 3. The van der Waals surface area contributed by atoms with Gasteiger partial charge in [0.25, 0.3) is 0 Å². The SMILES string of the molecule is CCN(C(=O)O)[C@@H]1CN(C(=O)[N+]2(C(=O)C3CC(F)(F)C3)CCCCC2)C[C@H]1c1ccc(Cl)c(F)c1. The molecule has 2 atom stereocenters. The van der Waals surface area contributed by atoms with E-state index in [1.165, 1.54) is 21.9 Å². The number of quaternary nitrogens is 1. The van der Waals surface area contributed by atoms with Gasteiger partial charge in [0, 0.05) is 38.4 Å². The number of imide groups is 1. The van der Waals surface area contributed by atoms with E-state index in [1.54, 1.807) is 13.0 Å². The molecule has 4 rings (SSSR count). The Hall–Kier alpha value is -2.33. The number of likely N-dealkylation sites (N-methyl/N-ethyl adjacent to an activating group) is 1. The number of carbonyl (C=O) groups is 3. The first-order valence-corrected chi connectivity index (χ1v) is 12.4. The van der Waals surface area contributed by atoms with Crippen molar-refractivity contribution in [3.63, 3.8) is 0 Å². The smallest absolute Gasteiger partial charge is 0.426 e. The fourth-order valence-electron chi connectivity index (χ4n) is 5.85. The lowest BCUT2D eigenvalue weighted by Crippen LogP contribution is -2.66. The minimum Gasteiger partial charge on any atom is -0.465 e. The minimum atomic E-state index is -2.88. The summed E-state index contributed by atoms with van der Waals surface area (Å²) in [6.45, 7) is 2.45. The predicted molar refractivity (Wildman–Crippen MR) is 122 cm³/mol. The molecule has 192 valence electrons. The lowest BCUT2D eigenvalue weighted by Gasteiger charge is -2.43. The summed E-state index contributed by atoms with van der Waals surface area (Å²) >= 11 is 5.83. The molecule has 3 aliphatic rings. The van der Waals surface area contributed by atoms with Crippen molar-refractivity contribution in [2.24, 2.45) is 5.92 Å². The fourth-order valence-corrected chi connectivity index (χ4v) is 5.97. The standard InChI is InChI=1S/C24H29ClF3N3O4/c1-2-30(23(34)35)20-14-29(13-17(20)15-6-7-18(25)19(26)10-15)22(33)31(8-4-3-5-9-31)21(32)16-11-24(27,28)12-16/h6-7,10,16-17,20H,2-5,8-9,11-14H2,1H3/p+1/t17-,20+/m0/s1. The molecule has 1 aliphatic carbocycles. The quantitative estimate of drug-likeness (QED) is 0.575. The van der Waals surface area contributed by atoms with E-state index in [-0.39, 0.29) is 37.7 Å². The number of alkyl halides is 2. The highest BCUT2D eigenvalue weighted by atomic mass is 35.5. The zero-order valence-electron chi connectivity index (χ0n) is 19.6. The highest BCUT2D eigenvalue weighted by molar-refractivity contribution is 6.30. The van der Waals surface area contributed by atoms with Gasteiger partial charge in [-0.05, 0) is 43.9 Å². The third kappa shape index (κ3) is 4.74. The van der Waals surface area contributed by atoms with Crippen LogP contribution in [0, 0.1) is 11.7 Å². The van der Waals surface area contributed by atoms with E-state index in [2.05, 4.69) is 0 Å². The van der Waals surface area contributed by atoms with Gasteiger partial charge in [-0.25, -0.2) is 27.6 Å². The molecule has 1 aromatic carbocycles. The maximum Gasteiger partial charge on any atom is 0.426 e. The van der Waals surface area contributed by atoms with E-state index in [4.69, 9.17) is 11.6 Å². The summed E-state index contributed by atoms with van der Waals surface area (Å²) in [5.74, 6) is -5.39. The van der Waals surface area contributed by atoms with Gasteiger partial charge in [0.15, 0.2) is 0 Å². The second-order valence-corrected chi connectivity index (χ2v) is 10.3. The lowest BCUT2D eigenvalue weighted by molar-refractivity contribution is -0.786. The normalized spacial score (nSPS) is 25.7. The number of carbonyl (C=O) groups excluding carboxylic acids is 2. The van der Waals surface area contributed by atoms with Crippen molar-refractivity contribution in [2.45, 2.75) is 56.9 Å². The Morgan fingerprint density at radius 1 is 1.17 bits per heavy atom. The molecule has 1 N–H and O–H groups in total. The van der Waals surface area contributed by atoms with Gasteiger partial charge in [-0.2, -0.15) is 4.48 Å². The van der Waals surface area contributed by atoms with Crippen LogP contribution < -0.4 is 0 Å².